The van der Waals surface area contributed by atoms with Crippen LogP contribution >= 0.6 is 0 Å². The Labute approximate surface area is 182 Å². The second kappa shape index (κ2) is 8.20. The Bertz CT molecular complexity index is 1430. The second-order valence-corrected chi connectivity index (χ2v) is 6.30. The minimum atomic E-state index is -4.98. The van der Waals surface area contributed by atoms with Crippen LogP contribution < -0.4 is 5.32 Å². The van der Waals surface area contributed by atoms with Crippen LogP contribution in [0.3, 0.4) is 0 Å². The van der Waals surface area contributed by atoms with Crippen LogP contribution in [0.25, 0.3) is 11.5 Å². The first-order valence-electron chi connectivity index (χ1n) is 8.91. The molecule has 0 aliphatic carbocycles. The first-order valence-corrected chi connectivity index (χ1v) is 8.91. The van der Waals surface area contributed by atoms with Crippen LogP contribution in [0.1, 0.15) is 27.2 Å². The van der Waals surface area contributed by atoms with Gasteiger partial charge in [-0.2, -0.15) is 39.0 Å². The van der Waals surface area contributed by atoms with E-state index in [1.54, 1.807) is 6.07 Å². The maximum atomic E-state index is 13.9. The topological polar surface area (TPSA) is 151 Å². The number of carbonyl (C=O) groups is 1. The average Bonchev–Trinajstić information content (AvgIpc) is 3.49. The quantitative estimate of drug-likeness (QED) is 0.497. The van der Waals surface area contributed by atoms with E-state index in [9.17, 15) is 28.5 Å². The number of amides is 1. The second-order valence-electron chi connectivity index (χ2n) is 6.30. The van der Waals surface area contributed by atoms with E-state index in [0.29, 0.717) is 4.68 Å². The molecular formula is C19H9F3N10O. The summed E-state index contributed by atoms with van der Waals surface area (Å²) in [5.41, 5.74) is -2.58. The molecule has 0 aliphatic heterocycles. The number of carbonyl (C=O) groups excluding carboxylic acids is 1. The molecule has 162 valence electrons. The van der Waals surface area contributed by atoms with Gasteiger partial charge in [-0.1, -0.05) is 0 Å². The van der Waals surface area contributed by atoms with Crippen molar-refractivity contribution < 1.29 is 18.0 Å². The number of nitrogens with zero attached hydrogens (tertiary/aromatic N) is 9. The first-order chi connectivity index (χ1) is 15.8. The third-order valence-corrected chi connectivity index (χ3v) is 4.28. The molecule has 33 heavy (non-hydrogen) atoms. The van der Waals surface area contributed by atoms with Gasteiger partial charge in [-0.25, -0.2) is 9.67 Å². The molecule has 0 saturated carbocycles. The fourth-order valence-electron chi connectivity index (χ4n) is 2.92. The molecule has 4 aromatic heterocycles. The van der Waals surface area contributed by atoms with Crippen LogP contribution in [0.2, 0.25) is 0 Å². The number of rotatable bonds is 4. The number of aromatic nitrogens is 7. The van der Waals surface area contributed by atoms with Gasteiger partial charge in [0.25, 0.3) is 5.91 Å². The highest BCUT2D eigenvalue weighted by Crippen LogP contribution is 2.34. The fraction of sp³-hybridized carbons (Fsp3) is 0.0526. The molecule has 0 unspecified atom stereocenters. The number of nitrogens with one attached hydrogen (secondary N) is 1. The van der Waals surface area contributed by atoms with Gasteiger partial charge < -0.3 is 5.32 Å². The number of anilines is 1. The summed E-state index contributed by atoms with van der Waals surface area (Å²) in [5, 5.41) is 32.2. The molecule has 0 atom stereocenters. The number of nitriles is 2. The molecule has 1 amide bonds. The van der Waals surface area contributed by atoms with E-state index >= 15 is 0 Å². The standard InChI is InChI=1S/C19H9F3N10O/c20-19(21,22)16-14(10-29-31(16)15-1-2-25-8-12(15)7-24)18(33)30-13-5-11(6-23)17(26-9-13)32-27-3-4-28-32/h1-5,8-10H,(H,30,33). The van der Waals surface area contributed by atoms with E-state index in [0.717, 1.165) is 23.4 Å². The molecule has 4 heterocycles. The molecular weight excluding hydrogens is 441 g/mol. The Hall–Kier alpha value is -5.11. The van der Waals surface area contributed by atoms with Crippen molar-refractivity contribution in [3.63, 3.8) is 0 Å². The predicted molar refractivity (Wildman–Crippen MR) is 103 cm³/mol. The van der Waals surface area contributed by atoms with Gasteiger partial charge in [0.2, 0.25) is 0 Å². The molecule has 0 fully saturated rings. The summed E-state index contributed by atoms with van der Waals surface area (Å²) < 4.78 is 42.1. The van der Waals surface area contributed by atoms with E-state index < -0.39 is 23.3 Å². The van der Waals surface area contributed by atoms with Crippen molar-refractivity contribution in [2.45, 2.75) is 6.18 Å². The number of pyridine rings is 2. The van der Waals surface area contributed by atoms with Gasteiger partial charge in [-0.3, -0.25) is 9.78 Å². The summed E-state index contributed by atoms with van der Waals surface area (Å²) in [4.78, 5) is 21.5. The number of hydrogen-bond donors (Lipinski definition) is 1. The molecule has 0 aliphatic rings. The SMILES string of the molecule is N#Cc1cnccc1-n1ncc(C(=O)Nc2cnc(-n3nccn3)c(C#N)c2)c1C(F)(F)F. The fourth-order valence-corrected chi connectivity index (χ4v) is 2.92. The molecule has 0 bridgehead atoms. The lowest BCUT2D eigenvalue weighted by atomic mass is 10.2. The van der Waals surface area contributed by atoms with Gasteiger partial charge in [0.05, 0.1) is 47.3 Å². The molecule has 0 spiro atoms. The Morgan fingerprint density at radius 1 is 1.00 bits per heavy atom. The van der Waals surface area contributed by atoms with Crippen molar-refractivity contribution in [1.29, 1.82) is 10.5 Å². The molecule has 11 nitrogen and oxygen atoms in total. The van der Waals surface area contributed by atoms with Crippen LogP contribution in [-0.2, 0) is 6.18 Å². The van der Waals surface area contributed by atoms with Crippen molar-refractivity contribution in [1.82, 2.24) is 34.7 Å². The number of alkyl halides is 3. The molecule has 4 aromatic rings. The zero-order chi connectivity index (χ0) is 23.6. The highest BCUT2D eigenvalue weighted by atomic mass is 19.4. The molecule has 4 rings (SSSR count). The van der Waals surface area contributed by atoms with Crippen molar-refractivity contribution in [2.75, 3.05) is 5.32 Å². The van der Waals surface area contributed by atoms with Crippen LogP contribution in [0, 0.1) is 22.7 Å². The number of hydrogen-bond acceptors (Lipinski definition) is 8. The number of halogens is 3. The van der Waals surface area contributed by atoms with Gasteiger partial charge in [-0.15, -0.1) is 4.80 Å². The maximum Gasteiger partial charge on any atom is 0.434 e. The Balaban J connectivity index is 1.72. The van der Waals surface area contributed by atoms with Crippen LogP contribution in [0.15, 0.2) is 49.3 Å². The maximum absolute atomic E-state index is 13.9. The summed E-state index contributed by atoms with van der Waals surface area (Å²) in [5.74, 6) is -1.07. The van der Waals surface area contributed by atoms with Crippen LogP contribution in [0.5, 0.6) is 0 Å². The van der Waals surface area contributed by atoms with Crippen LogP contribution in [0.4, 0.5) is 18.9 Å². The molecule has 0 saturated heterocycles. The highest BCUT2D eigenvalue weighted by molar-refractivity contribution is 6.05. The van der Waals surface area contributed by atoms with Crippen molar-refractivity contribution in [3.8, 4) is 23.6 Å². The van der Waals surface area contributed by atoms with Crippen molar-refractivity contribution >= 4 is 11.6 Å². The molecule has 0 radical (unpaired) electrons. The summed E-state index contributed by atoms with van der Waals surface area (Å²) >= 11 is 0. The molecule has 1 N–H and O–H groups in total. The lowest BCUT2D eigenvalue weighted by molar-refractivity contribution is -0.143. The highest BCUT2D eigenvalue weighted by Gasteiger charge is 2.41. The van der Waals surface area contributed by atoms with Crippen molar-refractivity contribution in [2.24, 2.45) is 0 Å². The Morgan fingerprint density at radius 3 is 2.39 bits per heavy atom. The summed E-state index contributed by atoms with van der Waals surface area (Å²) in [6.45, 7) is 0. The van der Waals surface area contributed by atoms with Gasteiger partial charge in [-0.05, 0) is 12.1 Å². The molecule has 0 aromatic carbocycles. The zero-order valence-electron chi connectivity index (χ0n) is 16.2. The average molecular weight is 450 g/mol. The van der Waals surface area contributed by atoms with E-state index in [1.807, 2.05) is 6.07 Å². The minimum Gasteiger partial charge on any atom is -0.320 e. The Kier molecular flexibility index (Phi) is 5.25. The first kappa shape index (κ1) is 21.1. The van der Waals surface area contributed by atoms with E-state index in [-0.39, 0.29) is 28.3 Å². The van der Waals surface area contributed by atoms with E-state index in [1.165, 1.54) is 30.7 Å². The lowest BCUT2D eigenvalue weighted by Crippen LogP contribution is -2.21. The Morgan fingerprint density at radius 2 is 1.73 bits per heavy atom. The van der Waals surface area contributed by atoms with Gasteiger partial charge in [0, 0.05) is 12.4 Å². The van der Waals surface area contributed by atoms with Gasteiger partial charge in [0.1, 0.15) is 17.7 Å². The van der Waals surface area contributed by atoms with Crippen molar-refractivity contribution in [3.05, 3.63) is 71.7 Å². The lowest BCUT2D eigenvalue weighted by Gasteiger charge is -2.13. The van der Waals surface area contributed by atoms with E-state index in [2.05, 4.69) is 30.6 Å². The minimum absolute atomic E-state index is 0.0220. The monoisotopic (exact) mass is 450 g/mol. The zero-order valence-corrected chi connectivity index (χ0v) is 16.2. The largest absolute Gasteiger partial charge is 0.434 e. The predicted octanol–water partition coefficient (Wildman–Crippen LogP) is 2.26. The third-order valence-electron chi connectivity index (χ3n) is 4.28. The van der Waals surface area contributed by atoms with Crippen LogP contribution in [-0.4, -0.2) is 40.6 Å². The van der Waals surface area contributed by atoms with Gasteiger partial charge >= 0.3 is 6.18 Å². The summed E-state index contributed by atoms with van der Waals surface area (Å²) in [6, 6.07) is 6.00. The van der Waals surface area contributed by atoms with E-state index in [4.69, 9.17) is 0 Å². The summed E-state index contributed by atoms with van der Waals surface area (Å²) in [7, 11) is 0. The van der Waals surface area contributed by atoms with Gasteiger partial charge in [0.15, 0.2) is 11.5 Å². The normalized spacial score (nSPS) is 10.9. The third kappa shape index (κ3) is 3.96. The molecule has 14 heteroatoms. The summed E-state index contributed by atoms with van der Waals surface area (Å²) in [6.07, 6.45) is 1.92. The smallest absolute Gasteiger partial charge is 0.320 e.